The minimum absolute atomic E-state index is 0.297. The van der Waals surface area contributed by atoms with Gasteiger partial charge in [0.25, 0.3) is 0 Å². The molecule has 7 nitrogen and oxygen atoms in total. The highest BCUT2D eigenvalue weighted by atomic mass is 19.1. The number of piperidine rings is 1. The van der Waals surface area contributed by atoms with E-state index >= 15 is 0 Å². The summed E-state index contributed by atoms with van der Waals surface area (Å²) < 4.78 is 20.9. The summed E-state index contributed by atoms with van der Waals surface area (Å²) in [7, 11) is 0. The zero-order chi connectivity index (χ0) is 22.3. The molecule has 1 aromatic carbocycles. The van der Waals surface area contributed by atoms with Crippen LogP contribution >= 0.6 is 0 Å². The lowest BCUT2D eigenvalue weighted by molar-refractivity contribution is 0.189. The van der Waals surface area contributed by atoms with Crippen LogP contribution in [0.15, 0.2) is 66.3 Å². The van der Waals surface area contributed by atoms with Gasteiger partial charge in [-0.2, -0.15) is 0 Å². The first-order valence-electron chi connectivity index (χ1n) is 11.0. The molecule has 1 aliphatic rings. The molecule has 32 heavy (non-hydrogen) atoms. The molecular formula is C24H29FN6O. The van der Waals surface area contributed by atoms with Gasteiger partial charge in [-0.3, -0.25) is 0 Å². The van der Waals surface area contributed by atoms with Gasteiger partial charge in [-0.1, -0.05) is 13.0 Å². The highest BCUT2D eigenvalue weighted by Crippen LogP contribution is 2.27. The number of halogens is 1. The molecule has 3 aromatic rings. The topological polar surface area (TPSA) is 67.6 Å². The first-order valence-corrected chi connectivity index (χ1v) is 11.0. The average Bonchev–Trinajstić information content (AvgIpc) is 3.34. The second-order valence-corrected chi connectivity index (χ2v) is 8.02. The molecule has 0 radical (unpaired) electrons. The monoisotopic (exact) mass is 436 g/mol. The van der Waals surface area contributed by atoms with E-state index < -0.39 is 0 Å². The van der Waals surface area contributed by atoms with Crippen molar-refractivity contribution in [2.75, 3.05) is 19.6 Å². The van der Waals surface area contributed by atoms with Crippen LogP contribution in [0.2, 0.25) is 0 Å². The molecule has 1 aliphatic heterocycles. The molecule has 1 saturated heterocycles. The van der Waals surface area contributed by atoms with E-state index in [-0.39, 0.29) is 5.82 Å². The van der Waals surface area contributed by atoms with E-state index in [0.717, 1.165) is 37.6 Å². The van der Waals surface area contributed by atoms with E-state index in [1.807, 2.05) is 24.8 Å². The average molecular weight is 437 g/mol. The Morgan fingerprint density at radius 2 is 2.09 bits per heavy atom. The molecule has 1 fully saturated rings. The van der Waals surface area contributed by atoms with Gasteiger partial charge in [0.15, 0.2) is 5.96 Å². The van der Waals surface area contributed by atoms with Gasteiger partial charge < -0.3 is 19.5 Å². The van der Waals surface area contributed by atoms with Gasteiger partial charge in [0.2, 0.25) is 5.88 Å². The van der Waals surface area contributed by atoms with Gasteiger partial charge in [-0.25, -0.2) is 19.4 Å². The summed E-state index contributed by atoms with van der Waals surface area (Å²) in [6, 6.07) is 10.0. The normalized spacial score (nSPS) is 19.1. The van der Waals surface area contributed by atoms with E-state index in [4.69, 9.17) is 9.73 Å². The Kier molecular flexibility index (Phi) is 6.99. The number of aromatic nitrogens is 3. The molecule has 0 saturated carbocycles. The molecule has 2 aromatic heterocycles. The van der Waals surface area contributed by atoms with Gasteiger partial charge in [0.1, 0.15) is 11.6 Å². The Bertz CT molecular complexity index is 1000. The summed E-state index contributed by atoms with van der Waals surface area (Å²) in [5, 5.41) is 3.43. The number of aliphatic imine (C=N–C) groups is 1. The fraction of sp³-hybridized carbons (Fsp3) is 0.375. The second-order valence-electron chi connectivity index (χ2n) is 8.02. The number of nitrogens with zero attached hydrogens (tertiary/aromatic N) is 5. The Labute approximate surface area is 188 Å². The van der Waals surface area contributed by atoms with Crippen molar-refractivity contribution < 1.29 is 9.13 Å². The number of likely N-dealkylation sites (tertiary alicyclic amines) is 1. The highest BCUT2D eigenvalue weighted by molar-refractivity contribution is 5.80. The molecule has 0 spiro atoms. The van der Waals surface area contributed by atoms with Gasteiger partial charge in [-0.15, -0.1) is 0 Å². The fourth-order valence-corrected chi connectivity index (χ4v) is 3.88. The van der Waals surface area contributed by atoms with Crippen molar-refractivity contribution in [2.24, 2.45) is 10.9 Å². The SMILES string of the molecule is CCNC(=NCc1ccc(Oc2ccc(F)cc2)nc1)N1CCC(C)C(n2ccnc2)C1. The number of pyridine rings is 1. The second kappa shape index (κ2) is 10.3. The maximum Gasteiger partial charge on any atom is 0.219 e. The summed E-state index contributed by atoms with van der Waals surface area (Å²) in [4.78, 5) is 15.8. The molecule has 0 bridgehead atoms. The van der Waals surface area contributed by atoms with Crippen molar-refractivity contribution in [3.8, 4) is 11.6 Å². The van der Waals surface area contributed by atoms with Crippen LogP contribution in [-0.4, -0.2) is 45.0 Å². The van der Waals surface area contributed by atoms with Crippen LogP contribution in [0, 0.1) is 11.7 Å². The summed E-state index contributed by atoms with van der Waals surface area (Å²) in [5.41, 5.74) is 0.989. The Morgan fingerprint density at radius 1 is 1.25 bits per heavy atom. The number of benzene rings is 1. The lowest BCUT2D eigenvalue weighted by Crippen LogP contribution is -2.49. The first kappa shape index (κ1) is 21.8. The van der Waals surface area contributed by atoms with E-state index in [1.165, 1.54) is 12.1 Å². The van der Waals surface area contributed by atoms with Gasteiger partial charge in [0.05, 0.1) is 18.9 Å². The molecular weight excluding hydrogens is 407 g/mol. The summed E-state index contributed by atoms with van der Waals surface area (Å²) in [5.74, 6) is 2.21. The minimum atomic E-state index is -0.297. The first-order chi connectivity index (χ1) is 15.6. The predicted octanol–water partition coefficient (Wildman–Crippen LogP) is 4.26. The maximum absolute atomic E-state index is 13.0. The van der Waals surface area contributed by atoms with E-state index in [1.54, 1.807) is 24.4 Å². The lowest BCUT2D eigenvalue weighted by Gasteiger charge is -2.39. The number of guanidine groups is 1. The van der Waals surface area contributed by atoms with Gasteiger partial charge >= 0.3 is 0 Å². The lowest BCUT2D eigenvalue weighted by atomic mass is 9.93. The number of hydrogen-bond acceptors (Lipinski definition) is 4. The molecule has 168 valence electrons. The summed E-state index contributed by atoms with van der Waals surface area (Å²) in [6.45, 7) is 7.58. The van der Waals surface area contributed by atoms with Crippen LogP contribution in [0.5, 0.6) is 11.6 Å². The smallest absolute Gasteiger partial charge is 0.219 e. The predicted molar refractivity (Wildman–Crippen MR) is 122 cm³/mol. The molecule has 2 atom stereocenters. The van der Waals surface area contributed by atoms with Crippen molar-refractivity contribution in [2.45, 2.75) is 32.9 Å². The summed E-state index contributed by atoms with van der Waals surface area (Å²) in [6.07, 6.45) is 8.64. The summed E-state index contributed by atoms with van der Waals surface area (Å²) >= 11 is 0. The molecule has 8 heteroatoms. The molecule has 1 N–H and O–H groups in total. The molecule has 0 aliphatic carbocycles. The standard InChI is InChI=1S/C24H29FN6O/c1-3-27-24(30-12-10-18(2)22(16-30)31-13-11-26-17-31)29-15-19-4-9-23(28-14-19)32-21-7-5-20(25)6-8-21/h4-9,11,13-14,17-18,22H,3,10,12,15-16H2,1-2H3,(H,27,29). The fourth-order valence-electron chi connectivity index (χ4n) is 3.88. The zero-order valence-electron chi connectivity index (χ0n) is 18.5. The zero-order valence-corrected chi connectivity index (χ0v) is 18.5. The van der Waals surface area contributed by atoms with Crippen molar-refractivity contribution >= 4 is 5.96 Å². The van der Waals surface area contributed by atoms with Gasteiger partial charge in [0, 0.05) is 44.3 Å². The third kappa shape index (κ3) is 5.43. The van der Waals surface area contributed by atoms with Crippen LogP contribution in [0.3, 0.4) is 0 Å². The number of nitrogens with one attached hydrogen (secondary N) is 1. The number of hydrogen-bond donors (Lipinski definition) is 1. The maximum atomic E-state index is 13.0. The largest absolute Gasteiger partial charge is 0.439 e. The van der Waals surface area contributed by atoms with Crippen molar-refractivity contribution in [3.05, 3.63) is 72.7 Å². The van der Waals surface area contributed by atoms with Crippen molar-refractivity contribution in [1.29, 1.82) is 0 Å². The third-order valence-corrected chi connectivity index (χ3v) is 5.71. The Hall–Kier alpha value is -3.42. The minimum Gasteiger partial charge on any atom is -0.439 e. The van der Waals surface area contributed by atoms with Crippen LogP contribution in [0.1, 0.15) is 31.9 Å². The number of rotatable bonds is 6. The van der Waals surface area contributed by atoms with E-state index in [9.17, 15) is 4.39 Å². The number of ether oxygens (including phenoxy) is 1. The molecule has 2 unspecified atom stereocenters. The van der Waals surface area contributed by atoms with E-state index in [0.29, 0.717) is 30.1 Å². The van der Waals surface area contributed by atoms with Crippen LogP contribution in [-0.2, 0) is 6.54 Å². The Morgan fingerprint density at radius 3 is 2.78 bits per heavy atom. The highest BCUT2D eigenvalue weighted by Gasteiger charge is 2.28. The van der Waals surface area contributed by atoms with Crippen molar-refractivity contribution in [3.63, 3.8) is 0 Å². The third-order valence-electron chi connectivity index (χ3n) is 5.71. The van der Waals surface area contributed by atoms with Crippen molar-refractivity contribution in [1.82, 2.24) is 24.8 Å². The van der Waals surface area contributed by atoms with Gasteiger partial charge in [-0.05, 0) is 49.1 Å². The van der Waals surface area contributed by atoms with Crippen LogP contribution in [0.25, 0.3) is 0 Å². The van der Waals surface area contributed by atoms with E-state index in [2.05, 4.69) is 38.6 Å². The van der Waals surface area contributed by atoms with Crippen LogP contribution in [0.4, 0.5) is 4.39 Å². The number of imidazole rings is 1. The molecule has 4 rings (SSSR count). The Balaban J connectivity index is 1.41. The quantitative estimate of drug-likeness (QED) is 0.462. The molecule has 3 heterocycles. The van der Waals surface area contributed by atoms with Crippen LogP contribution < -0.4 is 10.1 Å². The molecule has 0 amide bonds.